The standard InChI is InChI=1S/C32H33N3O7S/c1-18(2)28(32(38)41-4)35(43(39)40)24-16-12-21(13-17-24)20-10-14-23(15-11-20)33-31(37)29-19(3)27-25(6-5-7-26(27)42-29)34-30(36)22-8-9-22/h5-7,10-18,22,28H,8-9H2,1-4H3,(H,33,37)(H,34,36)(H,39,40). The smallest absolute Gasteiger partial charge is 0.329 e. The molecule has 0 spiro atoms. The first-order chi connectivity index (χ1) is 20.6. The van der Waals surface area contributed by atoms with Crippen molar-refractivity contribution in [2.75, 3.05) is 22.0 Å². The van der Waals surface area contributed by atoms with Gasteiger partial charge in [-0.25, -0.2) is 9.00 Å². The third kappa shape index (κ3) is 6.32. The van der Waals surface area contributed by atoms with Gasteiger partial charge in [0, 0.05) is 22.6 Å². The molecule has 1 saturated carbocycles. The maximum Gasteiger partial charge on any atom is 0.329 e. The Morgan fingerprint density at radius 2 is 1.60 bits per heavy atom. The number of esters is 1. The molecule has 2 unspecified atom stereocenters. The van der Waals surface area contributed by atoms with Crippen LogP contribution in [0.15, 0.2) is 71.1 Å². The zero-order valence-electron chi connectivity index (χ0n) is 24.2. The van der Waals surface area contributed by atoms with Crippen LogP contribution in [0.3, 0.4) is 0 Å². The molecule has 11 heteroatoms. The lowest BCUT2D eigenvalue weighted by Crippen LogP contribution is -2.46. The average Bonchev–Trinajstić information content (AvgIpc) is 3.79. The molecular formula is C32H33N3O7S. The molecule has 3 aromatic carbocycles. The predicted octanol–water partition coefficient (Wildman–Crippen LogP) is 6.15. The van der Waals surface area contributed by atoms with Crippen molar-refractivity contribution in [3.8, 4) is 11.1 Å². The molecule has 1 aliphatic carbocycles. The number of fused-ring (bicyclic) bond motifs is 1. The molecule has 1 aliphatic rings. The lowest BCUT2D eigenvalue weighted by Gasteiger charge is -2.30. The van der Waals surface area contributed by atoms with Crippen LogP contribution >= 0.6 is 0 Å². The number of benzene rings is 3. The quantitative estimate of drug-likeness (QED) is 0.146. The van der Waals surface area contributed by atoms with Gasteiger partial charge in [0.05, 0.1) is 18.5 Å². The van der Waals surface area contributed by atoms with Gasteiger partial charge in [-0.15, -0.1) is 0 Å². The van der Waals surface area contributed by atoms with Crippen LogP contribution in [0.25, 0.3) is 22.1 Å². The van der Waals surface area contributed by atoms with Crippen molar-refractivity contribution < 1.29 is 32.3 Å². The summed E-state index contributed by atoms with van der Waals surface area (Å²) in [5, 5.41) is 6.54. The number of carbonyl (C=O) groups is 3. The van der Waals surface area contributed by atoms with Crippen molar-refractivity contribution in [2.45, 2.75) is 39.7 Å². The Morgan fingerprint density at radius 3 is 2.16 bits per heavy atom. The van der Waals surface area contributed by atoms with E-state index in [4.69, 9.17) is 9.15 Å². The minimum atomic E-state index is -2.45. The predicted molar refractivity (Wildman–Crippen MR) is 166 cm³/mol. The third-order valence-corrected chi connectivity index (χ3v) is 8.23. The van der Waals surface area contributed by atoms with Crippen LogP contribution in [0.5, 0.6) is 0 Å². The second kappa shape index (κ2) is 12.4. The zero-order chi connectivity index (χ0) is 30.8. The van der Waals surface area contributed by atoms with Crippen molar-refractivity contribution >= 4 is 57.1 Å². The second-order valence-electron chi connectivity index (χ2n) is 10.8. The summed E-state index contributed by atoms with van der Waals surface area (Å²) in [5.74, 6) is -1.08. The van der Waals surface area contributed by atoms with E-state index in [0.29, 0.717) is 33.6 Å². The Kier molecular flexibility index (Phi) is 8.65. The number of amides is 2. The molecule has 2 atom stereocenters. The number of nitrogens with zero attached hydrogens (tertiary/aromatic N) is 1. The Hall–Kier alpha value is -4.48. The summed E-state index contributed by atoms with van der Waals surface area (Å²) in [6, 6.07) is 18.5. The van der Waals surface area contributed by atoms with E-state index in [0.717, 1.165) is 28.3 Å². The summed E-state index contributed by atoms with van der Waals surface area (Å²) >= 11 is -2.45. The molecule has 2 amide bonds. The number of furan rings is 1. The molecular weight excluding hydrogens is 570 g/mol. The molecule has 1 heterocycles. The molecule has 0 aliphatic heterocycles. The number of hydrogen-bond donors (Lipinski definition) is 3. The average molecular weight is 604 g/mol. The van der Waals surface area contributed by atoms with Crippen LogP contribution in [-0.2, 0) is 25.6 Å². The van der Waals surface area contributed by atoms with Crippen molar-refractivity contribution in [3.05, 3.63) is 78.1 Å². The Balaban J connectivity index is 1.31. The largest absolute Gasteiger partial charge is 0.467 e. The Bertz CT molecular complexity index is 1690. The fourth-order valence-electron chi connectivity index (χ4n) is 5.05. The van der Waals surface area contributed by atoms with Crippen molar-refractivity contribution in [3.63, 3.8) is 0 Å². The molecule has 0 radical (unpaired) electrons. The highest BCUT2D eigenvalue weighted by Gasteiger charge is 2.34. The normalized spacial score (nSPS) is 14.3. The third-order valence-electron chi connectivity index (χ3n) is 7.46. The monoisotopic (exact) mass is 603 g/mol. The first-order valence-corrected chi connectivity index (χ1v) is 15.0. The van der Waals surface area contributed by atoms with E-state index in [-0.39, 0.29) is 23.5 Å². The molecule has 4 aromatic rings. The fraction of sp³-hybridized carbons (Fsp3) is 0.281. The summed E-state index contributed by atoms with van der Waals surface area (Å²) in [4.78, 5) is 37.8. The van der Waals surface area contributed by atoms with Gasteiger partial charge in [0.15, 0.2) is 5.76 Å². The number of nitrogens with one attached hydrogen (secondary N) is 2. The van der Waals surface area contributed by atoms with Gasteiger partial charge in [0.1, 0.15) is 11.6 Å². The SMILES string of the molecule is COC(=O)C(C(C)C)N(c1ccc(-c2ccc(NC(=O)c3oc4cccc(NC(=O)C5CC5)c4c3C)cc2)cc1)S(=O)O. The van der Waals surface area contributed by atoms with Crippen LogP contribution in [-0.4, -0.2) is 39.7 Å². The maximum absolute atomic E-state index is 13.2. The van der Waals surface area contributed by atoms with E-state index in [1.165, 1.54) is 7.11 Å². The van der Waals surface area contributed by atoms with Gasteiger partial charge in [-0.3, -0.25) is 18.4 Å². The highest BCUT2D eigenvalue weighted by atomic mass is 32.2. The molecule has 10 nitrogen and oxygen atoms in total. The number of carbonyl (C=O) groups excluding carboxylic acids is 3. The van der Waals surface area contributed by atoms with Crippen LogP contribution in [0.2, 0.25) is 0 Å². The van der Waals surface area contributed by atoms with E-state index < -0.39 is 29.2 Å². The molecule has 0 bridgehead atoms. The van der Waals surface area contributed by atoms with Gasteiger partial charge in [-0.2, -0.15) is 0 Å². The number of rotatable bonds is 10. The number of anilines is 3. The van der Waals surface area contributed by atoms with E-state index >= 15 is 0 Å². The van der Waals surface area contributed by atoms with Crippen LogP contribution in [0.1, 0.15) is 42.8 Å². The van der Waals surface area contributed by atoms with Crippen molar-refractivity contribution in [1.82, 2.24) is 0 Å². The highest BCUT2D eigenvalue weighted by molar-refractivity contribution is 7.80. The van der Waals surface area contributed by atoms with Crippen LogP contribution in [0.4, 0.5) is 17.1 Å². The van der Waals surface area contributed by atoms with Gasteiger partial charge in [-0.1, -0.05) is 44.2 Å². The van der Waals surface area contributed by atoms with Gasteiger partial charge in [0.25, 0.3) is 17.2 Å². The lowest BCUT2D eigenvalue weighted by atomic mass is 10.0. The number of ether oxygens (including phenoxy) is 1. The first kappa shape index (κ1) is 30.0. The topological polar surface area (TPSA) is 138 Å². The molecule has 3 N–H and O–H groups in total. The minimum absolute atomic E-state index is 0.0181. The summed E-state index contributed by atoms with van der Waals surface area (Å²) in [6.07, 6.45) is 1.79. The summed E-state index contributed by atoms with van der Waals surface area (Å²) < 4.78 is 34.0. The number of aryl methyl sites for hydroxylation is 1. The van der Waals surface area contributed by atoms with E-state index in [1.807, 2.05) is 12.1 Å². The second-order valence-corrected chi connectivity index (χ2v) is 11.7. The van der Waals surface area contributed by atoms with Crippen LogP contribution in [0, 0.1) is 18.8 Å². The van der Waals surface area contributed by atoms with E-state index in [1.54, 1.807) is 75.4 Å². The minimum Gasteiger partial charge on any atom is -0.467 e. The Labute approximate surface area is 251 Å². The van der Waals surface area contributed by atoms with E-state index in [2.05, 4.69) is 10.6 Å². The molecule has 1 aromatic heterocycles. The zero-order valence-corrected chi connectivity index (χ0v) is 25.1. The number of methoxy groups -OCH3 is 1. The van der Waals surface area contributed by atoms with E-state index in [9.17, 15) is 23.1 Å². The molecule has 1 fully saturated rings. The van der Waals surface area contributed by atoms with Crippen LogP contribution < -0.4 is 14.9 Å². The molecule has 224 valence electrons. The molecule has 5 rings (SSSR count). The van der Waals surface area contributed by atoms with Gasteiger partial charge >= 0.3 is 5.97 Å². The van der Waals surface area contributed by atoms with Crippen molar-refractivity contribution in [1.29, 1.82) is 0 Å². The number of hydrogen-bond acceptors (Lipinski definition) is 6. The summed E-state index contributed by atoms with van der Waals surface area (Å²) in [6.45, 7) is 5.35. The first-order valence-electron chi connectivity index (χ1n) is 13.9. The lowest BCUT2D eigenvalue weighted by molar-refractivity contribution is -0.143. The molecule has 0 saturated heterocycles. The molecule has 43 heavy (non-hydrogen) atoms. The summed E-state index contributed by atoms with van der Waals surface area (Å²) in [5.41, 5.74) is 4.43. The fourth-order valence-corrected chi connectivity index (χ4v) is 5.87. The summed E-state index contributed by atoms with van der Waals surface area (Å²) in [7, 11) is 1.25. The Morgan fingerprint density at radius 1 is 0.977 bits per heavy atom. The van der Waals surface area contributed by atoms with Crippen molar-refractivity contribution in [2.24, 2.45) is 11.8 Å². The van der Waals surface area contributed by atoms with Gasteiger partial charge in [-0.05, 0) is 73.2 Å². The maximum atomic E-state index is 13.2. The van der Waals surface area contributed by atoms with Gasteiger partial charge in [0.2, 0.25) is 5.91 Å². The van der Waals surface area contributed by atoms with Gasteiger partial charge < -0.3 is 19.8 Å². The highest BCUT2D eigenvalue weighted by Crippen LogP contribution is 2.35.